The van der Waals surface area contributed by atoms with Crippen LogP contribution in [-0.4, -0.2) is 37.7 Å². The molecule has 0 saturated carbocycles. The zero-order valence-corrected chi connectivity index (χ0v) is 16.9. The van der Waals surface area contributed by atoms with E-state index in [9.17, 15) is 33.3 Å². The van der Waals surface area contributed by atoms with E-state index < -0.39 is 52.8 Å². The van der Waals surface area contributed by atoms with Crippen LogP contribution in [0.2, 0.25) is 0 Å². The van der Waals surface area contributed by atoms with Gasteiger partial charge in [-0.2, -0.15) is 0 Å². The molecule has 0 saturated heterocycles. The average Bonchev–Trinajstić information content (AvgIpc) is 3.24. The first-order chi connectivity index (χ1) is 15.8. The minimum absolute atomic E-state index is 0.0288. The van der Waals surface area contributed by atoms with Gasteiger partial charge < -0.3 is 20.3 Å². The van der Waals surface area contributed by atoms with Gasteiger partial charge in [-0.25, -0.2) is 18.2 Å². The Balaban J connectivity index is 1.96. The standard InChI is InChI=1S/C24H17F3N2O4/c25-14-9-15(21(27)16(26)10-14)23(33)20(24-28-17-6-1-2-7-18(17)29-24)22(32)13-5-3-4-12(8-13)19(31)11-30/h1-10,19,30-32H,11H2,(H,28,29)/b22-20+. The van der Waals surface area contributed by atoms with Crippen LogP contribution in [0, 0.1) is 17.5 Å². The molecule has 0 amide bonds. The Bertz CT molecular complexity index is 1360. The average molecular weight is 454 g/mol. The summed E-state index contributed by atoms with van der Waals surface area (Å²) in [6.45, 7) is -0.586. The van der Waals surface area contributed by atoms with Crippen molar-refractivity contribution in [3.8, 4) is 0 Å². The number of imidazole rings is 1. The fourth-order valence-corrected chi connectivity index (χ4v) is 3.40. The zero-order chi connectivity index (χ0) is 23.7. The minimum Gasteiger partial charge on any atom is -0.506 e. The number of aromatic nitrogens is 2. The summed E-state index contributed by atoms with van der Waals surface area (Å²) in [6, 6.07) is 13.2. The van der Waals surface area contributed by atoms with Crippen molar-refractivity contribution < 1.29 is 33.3 Å². The molecule has 168 valence electrons. The number of aromatic amines is 1. The Hall–Kier alpha value is -3.95. The molecule has 1 unspecified atom stereocenters. The van der Waals surface area contributed by atoms with E-state index in [4.69, 9.17) is 0 Å². The number of halogens is 3. The second kappa shape index (κ2) is 8.89. The predicted molar refractivity (Wildman–Crippen MR) is 115 cm³/mol. The summed E-state index contributed by atoms with van der Waals surface area (Å²) in [7, 11) is 0. The third-order valence-corrected chi connectivity index (χ3v) is 5.05. The SMILES string of the molecule is O=C(/C(=C(\O)c1cccc(C(O)CO)c1)c1nc2ccccc2[nH]1)c1cc(F)cc(F)c1F. The number of fused-ring (bicyclic) bond motifs is 1. The van der Waals surface area contributed by atoms with Crippen LogP contribution in [0.1, 0.15) is 33.4 Å². The Morgan fingerprint density at radius 3 is 2.52 bits per heavy atom. The lowest BCUT2D eigenvalue weighted by atomic mass is 9.96. The van der Waals surface area contributed by atoms with Gasteiger partial charge in [-0.3, -0.25) is 4.79 Å². The summed E-state index contributed by atoms with van der Waals surface area (Å²) in [6.07, 6.45) is -1.25. The van der Waals surface area contributed by atoms with Gasteiger partial charge in [-0.1, -0.05) is 30.3 Å². The number of rotatable bonds is 6. The van der Waals surface area contributed by atoms with E-state index in [-0.39, 0.29) is 17.0 Å². The summed E-state index contributed by atoms with van der Waals surface area (Å²) in [5.41, 5.74) is -0.268. The monoisotopic (exact) mass is 454 g/mol. The molecular weight excluding hydrogens is 437 g/mol. The quantitative estimate of drug-likeness (QED) is 0.150. The zero-order valence-electron chi connectivity index (χ0n) is 16.9. The van der Waals surface area contributed by atoms with Crippen LogP contribution < -0.4 is 0 Å². The van der Waals surface area contributed by atoms with E-state index in [1.165, 1.54) is 24.3 Å². The van der Waals surface area contributed by atoms with Gasteiger partial charge in [0.05, 0.1) is 23.2 Å². The fourth-order valence-electron chi connectivity index (χ4n) is 3.40. The molecule has 1 heterocycles. The van der Waals surface area contributed by atoms with Gasteiger partial charge in [0.1, 0.15) is 29.1 Å². The van der Waals surface area contributed by atoms with E-state index in [2.05, 4.69) is 9.97 Å². The van der Waals surface area contributed by atoms with E-state index in [1.807, 2.05) is 0 Å². The molecule has 1 aromatic heterocycles. The largest absolute Gasteiger partial charge is 0.506 e. The number of aliphatic hydroxyl groups is 3. The molecular formula is C24H17F3N2O4. The Labute approximate surface area is 185 Å². The van der Waals surface area contributed by atoms with Crippen molar-refractivity contribution >= 4 is 28.1 Å². The number of allylic oxidation sites excluding steroid dienone is 1. The number of Topliss-reactive ketones (excluding diaryl/α,β-unsaturated/α-hetero) is 1. The summed E-state index contributed by atoms with van der Waals surface area (Å²) in [4.78, 5) is 20.4. The van der Waals surface area contributed by atoms with Gasteiger partial charge in [-0.15, -0.1) is 0 Å². The molecule has 6 nitrogen and oxygen atoms in total. The number of H-pyrrole nitrogens is 1. The predicted octanol–water partition coefficient (Wildman–Crippen LogP) is 4.32. The number of hydrogen-bond acceptors (Lipinski definition) is 5. The van der Waals surface area contributed by atoms with Crippen LogP contribution in [0.3, 0.4) is 0 Å². The van der Waals surface area contributed by atoms with Crippen LogP contribution in [0.5, 0.6) is 0 Å². The highest BCUT2D eigenvalue weighted by molar-refractivity contribution is 6.33. The van der Waals surface area contributed by atoms with Crippen LogP contribution >= 0.6 is 0 Å². The van der Waals surface area contributed by atoms with E-state index in [0.29, 0.717) is 23.2 Å². The van der Waals surface area contributed by atoms with E-state index in [1.54, 1.807) is 24.3 Å². The van der Waals surface area contributed by atoms with Crippen LogP contribution in [-0.2, 0) is 0 Å². The second-order valence-corrected chi connectivity index (χ2v) is 7.23. The van der Waals surface area contributed by atoms with Crippen molar-refractivity contribution in [1.82, 2.24) is 9.97 Å². The van der Waals surface area contributed by atoms with Crippen LogP contribution in [0.4, 0.5) is 13.2 Å². The van der Waals surface area contributed by atoms with Crippen molar-refractivity contribution in [2.45, 2.75) is 6.10 Å². The first-order valence-electron chi connectivity index (χ1n) is 9.77. The molecule has 0 bridgehead atoms. The van der Waals surface area contributed by atoms with Gasteiger partial charge in [0.2, 0.25) is 5.78 Å². The van der Waals surface area contributed by atoms with Gasteiger partial charge >= 0.3 is 0 Å². The van der Waals surface area contributed by atoms with Crippen molar-refractivity contribution in [3.05, 3.63) is 101 Å². The number of para-hydroxylation sites is 2. The smallest absolute Gasteiger partial charge is 0.203 e. The van der Waals surface area contributed by atoms with Gasteiger partial charge in [-0.05, 0) is 29.8 Å². The number of carbonyl (C=O) groups excluding carboxylic acids is 1. The Kier molecular flexibility index (Phi) is 5.99. The number of ketones is 1. The van der Waals surface area contributed by atoms with E-state index in [0.717, 1.165) is 0 Å². The number of nitrogens with zero attached hydrogens (tertiary/aromatic N) is 1. The molecule has 4 aromatic rings. The Morgan fingerprint density at radius 1 is 1.03 bits per heavy atom. The lowest BCUT2D eigenvalue weighted by Gasteiger charge is -2.12. The molecule has 9 heteroatoms. The molecule has 4 rings (SSSR count). The summed E-state index contributed by atoms with van der Waals surface area (Å²) in [5, 5.41) is 30.1. The summed E-state index contributed by atoms with van der Waals surface area (Å²) >= 11 is 0. The first-order valence-corrected chi connectivity index (χ1v) is 9.77. The third kappa shape index (κ3) is 4.23. The maximum atomic E-state index is 14.4. The molecule has 0 aliphatic rings. The number of benzene rings is 3. The number of carbonyl (C=O) groups is 1. The number of aliphatic hydroxyl groups excluding tert-OH is 3. The fraction of sp³-hybridized carbons (Fsp3) is 0.0833. The number of nitrogens with one attached hydrogen (secondary N) is 1. The van der Waals surface area contributed by atoms with Gasteiger partial charge in [0.25, 0.3) is 0 Å². The lowest BCUT2D eigenvalue weighted by molar-refractivity contribution is 0.0956. The normalized spacial score (nSPS) is 13.1. The highest BCUT2D eigenvalue weighted by Crippen LogP contribution is 2.30. The lowest BCUT2D eigenvalue weighted by Crippen LogP contribution is -2.11. The number of hydrogen-bond donors (Lipinski definition) is 4. The highest BCUT2D eigenvalue weighted by atomic mass is 19.2. The molecule has 33 heavy (non-hydrogen) atoms. The molecule has 0 aliphatic heterocycles. The minimum atomic E-state index is -1.58. The second-order valence-electron chi connectivity index (χ2n) is 7.23. The molecule has 0 spiro atoms. The molecule has 0 radical (unpaired) electrons. The van der Waals surface area contributed by atoms with Crippen molar-refractivity contribution in [2.24, 2.45) is 0 Å². The topological polar surface area (TPSA) is 106 Å². The highest BCUT2D eigenvalue weighted by Gasteiger charge is 2.28. The molecule has 1 atom stereocenters. The maximum absolute atomic E-state index is 14.4. The van der Waals surface area contributed by atoms with E-state index >= 15 is 0 Å². The van der Waals surface area contributed by atoms with Gasteiger partial charge in [0, 0.05) is 11.6 Å². The first kappa shape index (κ1) is 22.3. The molecule has 0 aliphatic carbocycles. The third-order valence-electron chi connectivity index (χ3n) is 5.05. The summed E-state index contributed by atoms with van der Waals surface area (Å²) < 4.78 is 42.0. The molecule has 4 N–H and O–H groups in total. The van der Waals surface area contributed by atoms with Gasteiger partial charge in [0.15, 0.2) is 11.6 Å². The molecule has 3 aromatic carbocycles. The Morgan fingerprint density at radius 2 is 1.79 bits per heavy atom. The van der Waals surface area contributed by atoms with Crippen LogP contribution in [0.15, 0.2) is 60.7 Å². The molecule has 0 fully saturated rings. The van der Waals surface area contributed by atoms with Crippen molar-refractivity contribution in [2.75, 3.05) is 6.61 Å². The summed E-state index contributed by atoms with van der Waals surface area (Å²) in [5.74, 6) is -6.35. The maximum Gasteiger partial charge on any atom is 0.203 e. The van der Waals surface area contributed by atoms with Crippen molar-refractivity contribution in [3.63, 3.8) is 0 Å². The van der Waals surface area contributed by atoms with Crippen LogP contribution in [0.25, 0.3) is 22.4 Å². The van der Waals surface area contributed by atoms with Crippen molar-refractivity contribution in [1.29, 1.82) is 0 Å².